The smallest absolute Gasteiger partial charge is 0.163 e. The number of para-hydroxylation sites is 2. The highest BCUT2D eigenvalue weighted by Gasteiger charge is 2.13. The van der Waals surface area contributed by atoms with Gasteiger partial charge < -0.3 is 33.9 Å². The van der Waals surface area contributed by atoms with Gasteiger partial charge in [-0.05, 0) is 24.3 Å². The summed E-state index contributed by atoms with van der Waals surface area (Å²) in [7, 11) is 0. The van der Waals surface area contributed by atoms with Crippen LogP contribution in [0.4, 0.5) is 11.4 Å². The zero-order chi connectivity index (χ0) is 25.7. The van der Waals surface area contributed by atoms with Crippen LogP contribution in [-0.2, 0) is 14.2 Å². The first-order valence-electron chi connectivity index (χ1n) is 12.0. The van der Waals surface area contributed by atoms with Gasteiger partial charge in [-0.1, -0.05) is 24.3 Å². The van der Waals surface area contributed by atoms with Gasteiger partial charge in [0.15, 0.2) is 11.5 Å². The van der Waals surface area contributed by atoms with E-state index in [4.69, 9.17) is 23.7 Å². The molecule has 2 N–H and O–H groups in total. The van der Waals surface area contributed by atoms with Crippen molar-refractivity contribution in [1.29, 1.82) is 0 Å². The van der Waals surface area contributed by atoms with Crippen molar-refractivity contribution in [3.8, 4) is 23.0 Å². The molecule has 3 aromatic rings. The van der Waals surface area contributed by atoms with Crippen molar-refractivity contribution >= 4 is 23.8 Å². The second kappa shape index (κ2) is 14.0. The van der Waals surface area contributed by atoms with Crippen LogP contribution in [0.2, 0.25) is 0 Å². The highest BCUT2D eigenvalue weighted by Crippen LogP contribution is 2.40. The Bertz CT molecular complexity index is 1120. The van der Waals surface area contributed by atoms with Gasteiger partial charge in [-0.2, -0.15) is 0 Å². The predicted molar refractivity (Wildman–Crippen MR) is 141 cm³/mol. The summed E-state index contributed by atoms with van der Waals surface area (Å²) >= 11 is 0. The van der Waals surface area contributed by atoms with Crippen molar-refractivity contribution in [3.63, 3.8) is 0 Å². The summed E-state index contributed by atoms with van der Waals surface area (Å²) in [6.45, 7) is 3.25. The zero-order valence-corrected chi connectivity index (χ0v) is 20.4. The molecule has 0 saturated carbocycles. The molecule has 0 atom stereocenters. The Balaban J connectivity index is 1.67. The molecule has 0 radical (unpaired) electrons. The van der Waals surface area contributed by atoms with E-state index in [1.807, 2.05) is 12.1 Å². The number of benzene rings is 3. The maximum absolute atomic E-state index is 10.1. The van der Waals surface area contributed by atoms with Crippen LogP contribution < -0.4 is 9.47 Å². The average Bonchev–Trinajstić information content (AvgIpc) is 2.92. The number of hydrogen-bond donors (Lipinski definition) is 2. The Kier molecular flexibility index (Phi) is 9.88. The molecule has 9 nitrogen and oxygen atoms in total. The van der Waals surface area contributed by atoms with Gasteiger partial charge in [0.25, 0.3) is 0 Å². The van der Waals surface area contributed by atoms with Crippen LogP contribution in [0, 0.1) is 0 Å². The Morgan fingerprint density at radius 1 is 0.541 bits per heavy atom. The first kappa shape index (κ1) is 26.2. The molecular formula is C28H30N2O7. The van der Waals surface area contributed by atoms with E-state index in [-0.39, 0.29) is 11.5 Å². The van der Waals surface area contributed by atoms with Crippen LogP contribution in [0.1, 0.15) is 11.1 Å². The largest absolute Gasteiger partial charge is 0.507 e. The molecule has 0 unspecified atom stereocenters. The van der Waals surface area contributed by atoms with Gasteiger partial charge >= 0.3 is 0 Å². The van der Waals surface area contributed by atoms with Gasteiger partial charge in [0.05, 0.1) is 51.0 Å². The molecular weight excluding hydrogens is 476 g/mol. The summed E-state index contributed by atoms with van der Waals surface area (Å²) in [5.41, 5.74) is 2.08. The lowest BCUT2D eigenvalue weighted by molar-refractivity contribution is 0.00708. The van der Waals surface area contributed by atoms with Crippen LogP contribution >= 0.6 is 0 Å². The molecule has 0 fully saturated rings. The first-order chi connectivity index (χ1) is 18.2. The standard InChI is InChI=1S/C28H30N2O7/c31-25-7-3-1-5-21(25)19-29-23-17-27-28(18-24(23)30-20-22-6-2-4-8-26(22)32)37-16-14-35-12-10-33-9-11-34-13-15-36-27/h1-8,17-20,31-32H,9-16H2. The molecule has 37 heavy (non-hydrogen) atoms. The minimum atomic E-state index is 0.112. The summed E-state index contributed by atoms with van der Waals surface area (Å²) < 4.78 is 28.5. The molecule has 3 aromatic carbocycles. The van der Waals surface area contributed by atoms with E-state index in [1.54, 1.807) is 61.0 Å². The van der Waals surface area contributed by atoms with Gasteiger partial charge in [0.1, 0.15) is 24.7 Å². The summed E-state index contributed by atoms with van der Waals surface area (Å²) in [5.74, 6) is 1.17. The SMILES string of the molecule is Oc1ccccc1C=Nc1cc2c(cc1N=Cc1ccccc1O)OCCOCCOCCOCCO2. The maximum Gasteiger partial charge on any atom is 0.163 e. The summed E-state index contributed by atoms with van der Waals surface area (Å²) in [5, 5.41) is 20.3. The third kappa shape index (κ3) is 8.04. The summed E-state index contributed by atoms with van der Waals surface area (Å²) in [6, 6.07) is 17.3. The average molecular weight is 507 g/mol. The van der Waals surface area contributed by atoms with Crippen molar-refractivity contribution in [1.82, 2.24) is 0 Å². The normalized spacial score (nSPS) is 15.9. The molecule has 0 aromatic heterocycles. The third-order valence-corrected chi connectivity index (χ3v) is 5.31. The minimum Gasteiger partial charge on any atom is -0.507 e. The molecule has 0 spiro atoms. The molecule has 4 rings (SSSR count). The van der Waals surface area contributed by atoms with Crippen molar-refractivity contribution in [2.75, 3.05) is 52.9 Å². The number of ether oxygens (including phenoxy) is 5. The fourth-order valence-corrected chi connectivity index (χ4v) is 3.41. The molecule has 0 aliphatic carbocycles. The minimum absolute atomic E-state index is 0.112. The third-order valence-electron chi connectivity index (χ3n) is 5.31. The number of aromatic hydroxyl groups is 2. The Morgan fingerprint density at radius 3 is 1.32 bits per heavy atom. The number of nitrogens with zero attached hydrogens (tertiary/aromatic N) is 2. The van der Waals surface area contributed by atoms with Gasteiger partial charge in [-0.25, -0.2) is 0 Å². The molecule has 194 valence electrons. The first-order valence-corrected chi connectivity index (χ1v) is 12.0. The van der Waals surface area contributed by atoms with E-state index in [2.05, 4.69) is 9.98 Å². The van der Waals surface area contributed by atoms with Gasteiger partial charge in [0, 0.05) is 35.7 Å². The molecule has 0 saturated heterocycles. The molecule has 0 amide bonds. The quantitative estimate of drug-likeness (QED) is 0.504. The Hall–Kier alpha value is -3.92. The van der Waals surface area contributed by atoms with Crippen molar-refractivity contribution in [3.05, 3.63) is 71.8 Å². The van der Waals surface area contributed by atoms with Gasteiger partial charge in [0.2, 0.25) is 0 Å². The Labute approximate surface area is 215 Å². The lowest BCUT2D eigenvalue weighted by atomic mass is 10.2. The lowest BCUT2D eigenvalue weighted by Crippen LogP contribution is -2.13. The van der Waals surface area contributed by atoms with E-state index in [0.717, 1.165) is 0 Å². The molecule has 1 aliphatic rings. The monoisotopic (exact) mass is 506 g/mol. The summed E-state index contributed by atoms with van der Waals surface area (Å²) in [6.07, 6.45) is 3.11. The second-order valence-corrected chi connectivity index (χ2v) is 7.96. The zero-order valence-electron chi connectivity index (χ0n) is 20.4. The number of fused-ring (bicyclic) bond motifs is 1. The number of hydrogen-bond acceptors (Lipinski definition) is 9. The lowest BCUT2D eigenvalue weighted by Gasteiger charge is -2.15. The van der Waals surface area contributed by atoms with E-state index in [0.29, 0.717) is 86.9 Å². The van der Waals surface area contributed by atoms with Crippen LogP contribution in [0.25, 0.3) is 0 Å². The van der Waals surface area contributed by atoms with Crippen molar-refractivity contribution < 1.29 is 33.9 Å². The Morgan fingerprint density at radius 2 is 0.919 bits per heavy atom. The molecule has 0 bridgehead atoms. The van der Waals surface area contributed by atoms with Crippen LogP contribution in [0.3, 0.4) is 0 Å². The van der Waals surface area contributed by atoms with E-state index in [9.17, 15) is 10.2 Å². The van der Waals surface area contributed by atoms with Gasteiger partial charge in [-0.3, -0.25) is 9.98 Å². The summed E-state index contributed by atoms with van der Waals surface area (Å²) in [4.78, 5) is 9.16. The fraction of sp³-hybridized carbons (Fsp3) is 0.286. The van der Waals surface area contributed by atoms with E-state index in [1.165, 1.54) is 0 Å². The number of rotatable bonds is 4. The second-order valence-electron chi connectivity index (χ2n) is 7.96. The van der Waals surface area contributed by atoms with Crippen molar-refractivity contribution in [2.24, 2.45) is 9.98 Å². The molecule has 1 aliphatic heterocycles. The highest BCUT2D eigenvalue weighted by molar-refractivity contribution is 5.90. The fourth-order valence-electron chi connectivity index (χ4n) is 3.41. The van der Waals surface area contributed by atoms with Gasteiger partial charge in [-0.15, -0.1) is 0 Å². The highest BCUT2D eigenvalue weighted by atomic mass is 16.6. The maximum atomic E-state index is 10.1. The van der Waals surface area contributed by atoms with E-state index >= 15 is 0 Å². The number of aliphatic imine (C=N–C) groups is 2. The van der Waals surface area contributed by atoms with Crippen LogP contribution in [0.15, 0.2) is 70.6 Å². The molecule has 9 heteroatoms. The number of phenolic OH excluding ortho intramolecular Hbond substituents is 2. The topological polar surface area (TPSA) is 111 Å². The van der Waals surface area contributed by atoms with Crippen molar-refractivity contribution in [2.45, 2.75) is 0 Å². The van der Waals surface area contributed by atoms with E-state index < -0.39 is 0 Å². The number of phenols is 2. The van der Waals surface area contributed by atoms with Crippen LogP contribution in [0.5, 0.6) is 23.0 Å². The molecule has 1 heterocycles. The van der Waals surface area contributed by atoms with Crippen LogP contribution in [-0.4, -0.2) is 75.5 Å². The predicted octanol–water partition coefficient (Wildman–Crippen LogP) is 4.42.